The first-order chi connectivity index (χ1) is 9.10. The van der Waals surface area contributed by atoms with Crippen molar-refractivity contribution < 1.29 is 4.74 Å². The van der Waals surface area contributed by atoms with E-state index in [4.69, 9.17) is 10.5 Å². The number of nitrogen functional groups attached to an aromatic ring is 1. The summed E-state index contributed by atoms with van der Waals surface area (Å²) in [6.07, 6.45) is 2.67. The highest BCUT2D eigenvalue weighted by Gasteiger charge is 2.12. The molecule has 0 aliphatic carbocycles. The van der Waals surface area contributed by atoms with E-state index in [1.807, 2.05) is 24.6 Å². The van der Waals surface area contributed by atoms with E-state index in [-0.39, 0.29) is 18.1 Å². The van der Waals surface area contributed by atoms with Crippen molar-refractivity contribution in [3.63, 3.8) is 0 Å². The molecule has 0 bridgehead atoms. The molecule has 0 aliphatic rings. The van der Waals surface area contributed by atoms with Gasteiger partial charge in [0.25, 0.3) is 0 Å². The lowest BCUT2D eigenvalue weighted by atomic mass is 10.4. The summed E-state index contributed by atoms with van der Waals surface area (Å²) < 4.78 is 7.30. The molecule has 0 saturated carbocycles. The van der Waals surface area contributed by atoms with Gasteiger partial charge >= 0.3 is 6.01 Å². The quantitative estimate of drug-likeness (QED) is 0.878. The summed E-state index contributed by atoms with van der Waals surface area (Å²) >= 11 is 0. The Hall–Kier alpha value is -2.18. The molecular formula is C12H18N6O. The van der Waals surface area contributed by atoms with Crippen LogP contribution in [0, 0.1) is 0 Å². The summed E-state index contributed by atoms with van der Waals surface area (Å²) in [5.41, 5.74) is 6.50. The van der Waals surface area contributed by atoms with Crippen LogP contribution in [0.4, 0.5) is 5.95 Å². The number of hydrogen-bond donors (Lipinski definition) is 1. The van der Waals surface area contributed by atoms with Gasteiger partial charge < -0.3 is 10.5 Å². The fourth-order valence-corrected chi connectivity index (χ4v) is 1.66. The second-order valence-corrected chi connectivity index (χ2v) is 4.41. The number of aryl methyl sites for hydroxylation is 1. The number of ether oxygens (including phenoxy) is 1. The Morgan fingerprint density at radius 3 is 2.79 bits per heavy atom. The second kappa shape index (κ2) is 5.64. The lowest BCUT2D eigenvalue weighted by Crippen LogP contribution is -2.12. The topological polar surface area (TPSA) is 91.7 Å². The second-order valence-electron chi connectivity index (χ2n) is 4.41. The largest absolute Gasteiger partial charge is 0.461 e. The number of hydrogen-bond acceptors (Lipinski definition) is 6. The monoisotopic (exact) mass is 262 g/mol. The molecule has 19 heavy (non-hydrogen) atoms. The summed E-state index contributed by atoms with van der Waals surface area (Å²) in [6.45, 7) is 6.69. The molecule has 0 aromatic carbocycles. The molecule has 0 amide bonds. The van der Waals surface area contributed by atoms with Crippen LogP contribution in [0.2, 0.25) is 0 Å². The molecule has 0 spiro atoms. The zero-order valence-electron chi connectivity index (χ0n) is 11.4. The maximum Gasteiger partial charge on any atom is 0.322 e. The minimum Gasteiger partial charge on any atom is -0.461 e. The summed E-state index contributed by atoms with van der Waals surface area (Å²) in [4.78, 5) is 12.4. The van der Waals surface area contributed by atoms with Crippen molar-refractivity contribution in [1.82, 2.24) is 24.7 Å². The third-order valence-corrected chi connectivity index (χ3v) is 2.35. The van der Waals surface area contributed by atoms with Crippen LogP contribution in [0.15, 0.2) is 12.3 Å². The SMILES string of the molecule is CCCn1nccc1-c1nc(N)nc(OC(C)C)n1. The van der Waals surface area contributed by atoms with E-state index in [0.717, 1.165) is 18.7 Å². The number of nitrogens with zero attached hydrogens (tertiary/aromatic N) is 5. The van der Waals surface area contributed by atoms with Crippen LogP contribution in [-0.4, -0.2) is 30.8 Å². The summed E-state index contributed by atoms with van der Waals surface area (Å²) in [7, 11) is 0. The van der Waals surface area contributed by atoms with Gasteiger partial charge in [0.2, 0.25) is 5.95 Å². The van der Waals surface area contributed by atoms with Gasteiger partial charge in [0, 0.05) is 12.7 Å². The molecule has 102 valence electrons. The van der Waals surface area contributed by atoms with Gasteiger partial charge in [-0.2, -0.15) is 20.1 Å². The van der Waals surface area contributed by atoms with Crippen molar-refractivity contribution >= 4 is 5.95 Å². The van der Waals surface area contributed by atoms with Gasteiger partial charge in [-0.1, -0.05) is 6.92 Å². The van der Waals surface area contributed by atoms with Gasteiger partial charge in [-0.15, -0.1) is 0 Å². The van der Waals surface area contributed by atoms with E-state index < -0.39 is 0 Å². The first kappa shape index (κ1) is 13.3. The molecule has 0 aliphatic heterocycles. The Morgan fingerprint density at radius 1 is 1.32 bits per heavy atom. The van der Waals surface area contributed by atoms with E-state index in [2.05, 4.69) is 27.0 Å². The standard InChI is InChI=1S/C12H18N6O/c1-4-7-18-9(5-6-14-18)10-15-11(13)17-12(16-10)19-8(2)3/h5-6,8H,4,7H2,1-3H3,(H2,13,15,16,17). The van der Waals surface area contributed by atoms with E-state index >= 15 is 0 Å². The predicted octanol–water partition coefficient (Wildman–Crippen LogP) is 1.51. The number of nitrogens with two attached hydrogens (primary N) is 1. The fraction of sp³-hybridized carbons (Fsp3) is 0.500. The Labute approximate surface area is 111 Å². The lowest BCUT2D eigenvalue weighted by Gasteiger charge is -2.10. The van der Waals surface area contributed by atoms with Gasteiger partial charge in [-0.3, -0.25) is 4.68 Å². The van der Waals surface area contributed by atoms with Crippen molar-refractivity contribution in [2.45, 2.75) is 39.8 Å². The van der Waals surface area contributed by atoms with Crippen molar-refractivity contribution in [1.29, 1.82) is 0 Å². The average Bonchev–Trinajstić information content (AvgIpc) is 2.76. The minimum atomic E-state index is -0.0183. The first-order valence-corrected chi connectivity index (χ1v) is 6.30. The maximum atomic E-state index is 5.69. The van der Waals surface area contributed by atoms with Crippen molar-refractivity contribution in [3.8, 4) is 17.5 Å². The van der Waals surface area contributed by atoms with Gasteiger partial charge in [-0.05, 0) is 26.3 Å². The van der Waals surface area contributed by atoms with E-state index in [0.29, 0.717) is 5.82 Å². The van der Waals surface area contributed by atoms with Crippen molar-refractivity contribution in [2.24, 2.45) is 0 Å². The highest BCUT2D eigenvalue weighted by Crippen LogP contribution is 2.18. The molecule has 0 fully saturated rings. The third-order valence-electron chi connectivity index (χ3n) is 2.35. The smallest absolute Gasteiger partial charge is 0.322 e. The molecule has 2 rings (SSSR count). The minimum absolute atomic E-state index is 0.0183. The van der Waals surface area contributed by atoms with Crippen LogP contribution in [-0.2, 0) is 6.54 Å². The molecule has 0 saturated heterocycles. The van der Waals surface area contributed by atoms with Gasteiger partial charge in [-0.25, -0.2) is 0 Å². The molecule has 0 radical (unpaired) electrons. The Balaban J connectivity index is 2.38. The number of rotatable bonds is 5. The number of anilines is 1. The van der Waals surface area contributed by atoms with Crippen LogP contribution in [0.25, 0.3) is 11.5 Å². The van der Waals surface area contributed by atoms with Gasteiger partial charge in [0.1, 0.15) is 5.69 Å². The van der Waals surface area contributed by atoms with E-state index in [9.17, 15) is 0 Å². The van der Waals surface area contributed by atoms with Crippen LogP contribution in [0.5, 0.6) is 6.01 Å². The zero-order valence-corrected chi connectivity index (χ0v) is 11.4. The van der Waals surface area contributed by atoms with Crippen LogP contribution in [0.1, 0.15) is 27.2 Å². The third kappa shape index (κ3) is 3.18. The van der Waals surface area contributed by atoms with Gasteiger partial charge in [0.05, 0.1) is 6.10 Å². The Kier molecular flexibility index (Phi) is 3.94. The average molecular weight is 262 g/mol. The molecule has 2 aromatic heterocycles. The van der Waals surface area contributed by atoms with Crippen LogP contribution in [0.3, 0.4) is 0 Å². The molecular weight excluding hydrogens is 244 g/mol. The van der Waals surface area contributed by atoms with E-state index in [1.54, 1.807) is 6.20 Å². The van der Waals surface area contributed by atoms with Crippen LogP contribution >= 0.6 is 0 Å². The summed E-state index contributed by atoms with van der Waals surface area (Å²) in [5, 5.41) is 4.24. The molecule has 7 heteroatoms. The molecule has 7 nitrogen and oxygen atoms in total. The summed E-state index contributed by atoms with van der Waals surface area (Å²) in [6, 6.07) is 2.09. The maximum absolute atomic E-state index is 5.69. The molecule has 2 aromatic rings. The highest BCUT2D eigenvalue weighted by molar-refractivity contribution is 5.50. The molecule has 2 heterocycles. The molecule has 0 unspecified atom stereocenters. The van der Waals surface area contributed by atoms with E-state index in [1.165, 1.54) is 0 Å². The summed E-state index contributed by atoms with van der Waals surface area (Å²) in [5.74, 6) is 0.624. The number of aromatic nitrogens is 5. The predicted molar refractivity (Wildman–Crippen MR) is 71.5 cm³/mol. The van der Waals surface area contributed by atoms with Gasteiger partial charge in [0.15, 0.2) is 5.82 Å². The fourth-order valence-electron chi connectivity index (χ4n) is 1.66. The highest BCUT2D eigenvalue weighted by atomic mass is 16.5. The van der Waals surface area contributed by atoms with Crippen molar-refractivity contribution in [3.05, 3.63) is 12.3 Å². The molecule has 0 atom stereocenters. The zero-order chi connectivity index (χ0) is 13.8. The Bertz CT molecular complexity index is 551. The Morgan fingerprint density at radius 2 is 2.11 bits per heavy atom. The normalized spacial score (nSPS) is 10.9. The molecule has 2 N–H and O–H groups in total. The first-order valence-electron chi connectivity index (χ1n) is 6.30. The lowest BCUT2D eigenvalue weighted by molar-refractivity contribution is 0.222. The van der Waals surface area contributed by atoms with Crippen LogP contribution < -0.4 is 10.5 Å². The van der Waals surface area contributed by atoms with Crippen molar-refractivity contribution in [2.75, 3.05) is 5.73 Å².